The molecule has 0 atom stereocenters. The first kappa shape index (κ1) is 28.1. The Morgan fingerprint density at radius 1 is 1.00 bits per heavy atom. The summed E-state index contributed by atoms with van der Waals surface area (Å²) in [6.45, 7) is 13.2. The zero-order valence-corrected chi connectivity index (χ0v) is 23.7. The Balaban J connectivity index is 1.54. The van der Waals surface area contributed by atoms with Gasteiger partial charge in [-0.3, -0.25) is 0 Å². The topological polar surface area (TPSA) is 59.9 Å². The first-order valence-corrected chi connectivity index (χ1v) is 13.0. The molecule has 0 saturated carbocycles. The predicted molar refractivity (Wildman–Crippen MR) is 154 cm³/mol. The lowest BCUT2D eigenvalue weighted by molar-refractivity contribution is 0.306. The Hall–Kier alpha value is -3.95. The number of nitrogens with one attached hydrogen (secondary N) is 1. The number of aromatic nitrogens is 3. The van der Waals surface area contributed by atoms with Gasteiger partial charge < -0.3 is 10.1 Å². The fraction of sp³-hybridized carbons (Fsp3) is 0.281. The molecule has 0 aliphatic carbocycles. The van der Waals surface area contributed by atoms with Gasteiger partial charge in [0.1, 0.15) is 36.0 Å². The van der Waals surface area contributed by atoms with E-state index in [1.165, 1.54) is 24.0 Å². The van der Waals surface area contributed by atoms with Gasteiger partial charge in [0.15, 0.2) is 0 Å². The highest BCUT2D eigenvalue weighted by Gasteiger charge is 2.26. The van der Waals surface area contributed by atoms with Gasteiger partial charge >= 0.3 is 0 Å². The van der Waals surface area contributed by atoms with Crippen molar-refractivity contribution in [3.63, 3.8) is 0 Å². The van der Waals surface area contributed by atoms with Crippen LogP contribution in [0.4, 0.5) is 15.9 Å². The lowest BCUT2D eigenvalue weighted by Crippen LogP contribution is -2.22. The highest BCUT2D eigenvalue weighted by molar-refractivity contribution is 6.32. The van der Waals surface area contributed by atoms with Gasteiger partial charge in [-0.1, -0.05) is 71.2 Å². The van der Waals surface area contributed by atoms with Crippen LogP contribution in [0.2, 0.25) is 5.02 Å². The molecule has 0 amide bonds. The molecular weight excluding hydrogens is 511 g/mol. The average molecular weight is 542 g/mol. The fourth-order valence-electron chi connectivity index (χ4n) is 3.92. The number of hydrogen-bond acceptors (Lipinski definition) is 5. The molecule has 4 rings (SSSR count). The third kappa shape index (κ3) is 7.34. The summed E-state index contributed by atoms with van der Waals surface area (Å²) in [4.78, 5) is 13.0. The quantitative estimate of drug-likeness (QED) is 0.261. The van der Waals surface area contributed by atoms with Crippen molar-refractivity contribution in [2.45, 2.75) is 59.0 Å². The smallest absolute Gasteiger partial charge is 0.149 e. The number of ether oxygens (including phenoxy) is 1. The summed E-state index contributed by atoms with van der Waals surface area (Å²) >= 11 is 6.46. The van der Waals surface area contributed by atoms with Crippen molar-refractivity contribution >= 4 is 23.1 Å². The maximum absolute atomic E-state index is 13.4. The van der Waals surface area contributed by atoms with E-state index < -0.39 is 0 Å². The van der Waals surface area contributed by atoms with Crippen LogP contribution in [-0.4, -0.2) is 15.0 Å². The number of halogens is 2. The molecule has 1 N–H and O–H groups in total. The molecule has 7 heteroatoms. The SMILES string of the molecule is CC(C)(C)c1[c]nc(C#Cc2cncnc2Nc2ccc(OCc3cccc(F)c3)c(Cl)c2)cc1C(C)(C)C. The van der Waals surface area contributed by atoms with Crippen LogP contribution in [0.25, 0.3) is 0 Å². The lowest BCUT2D eigenvalue weighted by Gasteiger charge is -2.29. The molecule has 39 heavy (non-hydrogen) atoms. The molecule has 0 aliphatic heterocycles. The van der Waals surface area contributed by atoms with Gasteiger partial charge in [-0.15, -0.1) is 0 Å². The normalized spacial score (nSPS) is 11.5. The van der Waals surface area contributed by atoms with E-state index in [0.717, 1.165) is 5.56 Å². The number of nitrogens with zero attached hydrogens (tertiary/aromatic N) is 3. The van der Waals surface area contributed by atoms with E-state index in [1.54, 1.807) is 30.5 Å². The van der Waals surface area contributed by atoms with Crippen LogP contribution in [0.15, 0.2) is 61.1 Å². The second-order valence-electron chi connectivity index (χ2n) is 11.3. The van der Waals surface area contributed by atoms with Crippen molar-refractivity contribution in [3.05, 3.63) is 106 Å². The van der Waals surface area contributed by atoms with Gasteiger partial charge in [-0.25, -0.2) is 19.3 Å². The van der Waals surface area contributed by atoms with E-state index in [2.05, 4.69) is 79.8 Å². The van der Waals surface area contributed by atoms with Crippen LogP contribution < -0.4 is 10.1 Å². The van der Waals surface area contributed by atoms with Crippen molar-refractivity contribution in [2.24, 2.45) is 0 Å². The summed E-state index contributed by atoms with van der Waals surface area (Å²) in [5, 5.41) is 3.66. The van der Waals surface area contributed by atoms with Crippen molar-refractivity contribution in [3.8, 4) is 17.6 Å². The van der Waals surface area contributed by atoms with Gasteiger partial charge in [0, 0.05) is 11.9 Å². The second-order valence-corrected chi connectivity index (χ2v) is 11.7. The van der Waals surface area contributed by atoms with Crippen molar-refractivity contribution in [2.75, 3.05) is 5.32 Å². The van der Waals surface area contributed by atoms with Crippen LogP contribution in [0.5, 0.6) is 5.75 Å². The summed E-state index contributed by atoms with van der Waals surface area (Å²) in [7, 11) is 0. The summed E-state index contributed by atoms with van der Waals surface area (Å²) in [5.74, 6) is 7.01. The number of hydrogen-bond donors (Lipinski definition) is 1. The van der Waals surface area contributed by atoms with Crippen molar-refractivity contribution < 1.29 is 9.13 Å². The predicted octanol–water partition coefficient (Wildman–Crippen LogP) is 7.78. The number of rotatable bonds is 5. The molecule has 5 nitrogen and oxygen atoms in total. The fourth-order valence-corrected chi connectivity index (χ4v) is 4.15. The van der Waals surface area contributed by atoms with Crippen LogP contribution in [0.3, 0.4) is 0 Å². The minimum absolute atomic E-state index is 0.0759. The molecule has 0 fully saturated rings. The first-order chi connectivity index (χ1) is 18.4. The second kappa shape index (κ2) is 11.4. The molecule has 4 aromatic rings. The number of anilines is 2. The summed E-state index contributed by atoms with van der Waals surface area (Å²) < 4.78 is 19.2. The zero-order chi connectivity index (χ0) is 28.2. The summed E-state index contributed by atoms with van der Waals surface area (Å²) in [6, 6.07) is 13.6. The molecule has 2 heterocycles. The van der Waals surface area contributed by atoms with E-state index in [9.17, 15) is 4.39 Å². The van der Waals surface area contributed by atoms with Gasteiger partial charge in [0.25, 0.3) is 0 Å². The highest BCUT2D eigenvalue weighted by atomic mass is 35.5. The highest BCUT2D eigenvalue weighted by Crippen LogP contribution is 2.33. The maximum atomic E-state index is 13.4. The number of pyridine rings is 1. The first-order valence-electron chi connectivity index (χ1n) is 12.6. The molecule has 0 saturated heterocycles. The Labute approximate surface area is 234 Å². The molecule has 0 unspecified atom stereocenters. The van der Waals surface area contributed by atoms with E-state index in [-0.39, 0.29) is 23.3 Å². The molecule has 0 bridgehead atoms. The largest absolute Gasteiger partial charge is 0.487 e. The van der Waals surface area contributed by atoms with Crippen molar-refractivity contribution in [1.82, 2.24) is 15.0 Å². The Bertz CT molecular complexity index is 1540. The molecule has 0 aliphatic rings. The van der Waals surface area contributed by atoms with Gasteiger partial charge in [0.05, 0.1) is 16.8 Å². The van der Waals surface area contributed by atoms with Crippen LogP contribution in [0, 0.1) is 23.9 Å². The standard InChI is InChI=1S/C32H31ClFN4O/c1-31(2,3)26-15-24(36-18-27(26)32(4,5)6)11-10-22-17-35-20-37-30(22)38-25-12-13-29(28(33)16-25)39-19-21-8-7-9-23(34)14-21/h7-9,12-17,20H,19H2,1-6H3,(H,35,37,38). The van der Waals surface area contributed by atoms with Gasteiger partial charge in [-0.05, 0) is 69.8 Å². The summed E-state index contributed by atoms with van der Waals surface area (Å²) in [6.07, 6.45) is 6.34. The zero-order valence-electron chi connectivity index (χ0n) is 23.0. The molecule has 1 radical (unpaired) electrons. The summed E-state index contributed by atoms with van der Waals surface area (Å²) in [5.41, 5.74) is 4.77. The third-order valence-electron chi connectivity index (χ3n) is 5.91. The van der Waals surface area contributed by atoms with E-state index in [0.29, 0.717) is 39.1 Å². The van der Waals surface area contributed by atoms with Gasteiger partial charge in [0.2, 0.25) is 0 Å². The lowest BCUT2D eigenvalue weighted by atomic mass is 9.76. The Kier molecular flexibility index (Phi) is 8.22. The van der Waals surface area contributed by atoms with Crippen molar-refractivity contribution in [1.29, 1.82) is 0 Å². The van der Waals surface area contributed by atoms with Gasteiger partial charge in [-0.2, -0.15) is 0 Å². The monoisotopic (exact) mass is 541 g/mol. The average Bonchev–Trinajstić information content (AvgIpc) is 2.86. The van der Waals surface area contributed by atoms with E-state index in [4.69, 9.17) is 16.3 Å². The maximum Gasteiger partial charge on any atom is 0.149 e. The molecule has 2 aromatic heterocycles. The van der Waals surface area contributed by atoms with Crippen LogP contribution in [0.1, 0.15) is 69.5 Å². The minimum Gasteiger partial charge on any atom is -0.487 e. The molecular formula is C32H31ClFN4O. The Morgan fingerprint density at radius 2 is 1.79 bits per heavy atom. The Morgan fingerprint density at radius 3 is 2.49 bits per heavy atom. The van der Waals surface area contributed by atoms with Crippen LogP contribution in [-0.2, 0) is 17.4 Å². The number of benzene rings is 2. The van der Waals surface area contributed by atoms with E-state index >= 15 is 0 Å². The molecule has 199 valence electrons. The minimum atomic E-state index is -0.309. The third-order valence-corrected chi connectivity index (χ3v) is 6.21. The molecule has 2 aromatic carbocycles. The van der Waals surface area contributed by atoms with Crippen LogP contribution >= 0.6 is 11.6 Å². The van der Waals surface area contributed by atoms with E-state index in [1.807, 2.05) is 12.1 Å². The molecule has 0 spiro atoms.